The predicted molar refractivity (Wildman–Crippen MR) is 113 cm³/mol. The fraction of sp³-hybridized carbons (Fsp3) is 0.409. The maximum absolute atomic E-state index is 5.42. The number of methoxy groups -OCH3 is 1. The minimum absolute atomic E-state index is 0.406. The summed E-state index contributed by atoms with van der Waals surface area (Å²) in [6.45, 7) is 5.00. The molecule has 1 heterocycles. The topological polar surface area (TPSA) is 48.9 Å². The van der Waals surface area contributed by atoms with E-state index in [1.165, 1.54) is 16.8 Å². The van der Waals surface area contributed by atoms with Crippen molar-refractivity contribution in [3.05, 3.63) is 59.7 Å². The van der Waals surface area contributed by atoms with E-state index in [-0.39, 0.29) is 0 Å². The number of aryl methyl sites for hydroxylation is 1. The van der Waals surface area contributed by atoms with Gasteiger partial charge in [-0.1, -0.05) is 35.9 Å². The third-order valence-electron chi connectivity index (χ3n) is 5.03. The van der Waals surface area contributed by atoms with Gasteiger partial charge in [0.25, 0.3) is 0 Å². The molecule has 0 radical (unpaired) electrons. The predicted octanol–water partition coefficient (Wildman–Crippen LogP) is 2.99. The lowest BCUT2D eigenvalue weighted by Gasteiger charge is -2.20. The third-order valence-corrected chi connectivity index (χ3v) is 5.03. The molecule has 2 aromatic carbocycles. The van der Waals surface area contributed by atoms with Crippen LogP contribution in [0.25, 0.3) is 0 Å². The number of guanidine groups is 1. The molecule has 0 saturated carbocycles. The van der Waals surface area contributed by atoms with Gasteiger partial charge >= 0.3 is 0 Å². The van der Waals surface area contributed by atoms with Gasteiger partial charge in [-0.25, -0.2) is 0 Å². The van der Waals surface area contributed by atoms with E-state index in [0.29, 0.717) is 6.04 Å². The second-order valence-corrected chi connectivity index (χ2v) is 6.97. The zero-order valence-electron chi connectivity index (χ0n) is 16.5. The number of hydrogen-bond acceptors (Lipinski definition) is 3. The molecule has 1 fully saturated rings. The highest BCUT2D eigenvalue weighted by Crippen LogP contribution is 2.21. The Morgan fingerprint density at radius 2 is 1.96 bits per heavy atom. The zero-order valence-corrected chi connectivity index (χ0v) is 16.5. The summed E-state index contributed by atoms with van der Waals surface area (Å²) in [4.78, 5) is 6.81. The van der Waals surface area contributed by atoms with E-state index < -0.39 is 0 Å². The molecule has 5 heteroatoms. The van der Waals surface area contributed by atoms with Gasteiger partial charge in [-0.3, -0.25) is 4.99 Å². The molecule has 144 valence electrons. The summed E-state index contributed by atoms with van der Waals surface area (Å²) in [5.74, 6) is 1.80. The Balaban J connectivity index is 1.47. The first-order valence-corrected chi connectivity index (χ1v) is 9.60. The van der Waals surface area contributed by atoms with E-state index in [9.17, 15) is 0 Å². The van der Waals surface area contributed by atoms with Gasteiger partial charge in [-0.05, 0) is 43.5 Å². The third kappa shape index (κ3) is 5.16. The lowest BCUT2D eigenvalue weighted by molar-refractivity contribution is 0.409. The van der Waals surface area contributed by atoms with Gasteiger partial charge in [-0.2, -0.15) is 0 Å². The van der Waals surface area contributed by atoms with Crippen molar-refractivity contribution >= 4 is 11.6 Å². The quantitative estimate of drug-likeness (QED) is 0.610. The lowest BCUT2D eigenvalue weighted by atomic mass is 10.1. The zero-order chi connectivity index (χ0) is 19.1. The van der Waals surface area contributed by atoms with Crippen LogP contribution in [0.15, 0.2) is 53.5 Å². The molecule has 1 aliphatic heterocycles. The second-order valence-electron chi connectivity index (χ2n) is 6.97. The summed E-state index contributed by atoms with van der Waals surface area (Å²) in [5.41, 5.74) is 3.80. The Morgan fingerprint density at radius 1 is 1.19 bits per heavy atom. The smallest absolute Gasteiger partial charge is 0.191 e. The summed E-state index contributed by atoms with van der Waals surface area (Å²) in [7, 11) is 3.54. The Morgan fingerprint density at radius 3 is 2.70 bits per heavy atom. The van der Waals surface area contributed by atoms with E-state index >= 15 is 0 Å². The maximum atomic E-state index is 5.42. The Hall–Kier alpha value is -2.69. The summed E-state index contributed by atoms with van der Waals surface area (Å²) in [6, 6.07) is 17.3. The lowest BCUT2D eigenvalue weighted by Crippen LogP contribution is -2.45. The normalized spacial score (nSPS) is 17.1. The first kappa shape index (κ1) is 19.1. The monoisotopic (exact) mass is 366 g/mol. The molecule has 0 aliphatic carbocycles. The fourth-order valence-corrected chi connectivity index (χ4v) is 3.48. The average molecular weight is 367 g/mol. The van der Waals surface area contributed by atoms with Gasteiger partial charge in [0.2, 0.25) is 0 Å². The first-order valence-electron chi connectivity index (χ1n) is 9.60. The van der Waals surface area contributed by atoms with E-state index in [4.69, 9.17) is 4.74 Å². The number of nitrogens with one attached hydrogen (secondary N) is 2. The molecule has 1 aliphatic rings. The molecule has 0 bridgehead atoms. The van der Waals surface area contributed by atoms with Crippen LogP contribution in [0.4, 0.5) is 5.69 Å². The fourth-order valence-electron chi connectivity index (χ4n) is 3.48. The number of ether oxygens (including phenoxy) is 1. The van der Waals surface area contributed by atoms with Crippen LogP contribution in [-0.4, -0.2) is 45.8 Å². The van der Waals surface area contributed by atoms with E-state index in [0.717, 1.165) is 44.2 Å². The number of anilines is 1. The minimum atomic E-state index is 0.406. The molecule has 27 heavy (non-hydrogen) atoms. The van der Waals surface area contributed by atoms with Crippen molar-refractivity contribution in [2.24, 2.45) is 4.99 Å². The first-order chi connectivity index (χ1) is 13.2. The van der Waals surface area contributed by atoms with Crippen LogP contribution in [0.3, 0.4) is 0 Å². The number of hydrogen-bond donors (Lipinski definition) is 2. The van der Waals surface area contributed by atoms with Gasteiger partial charge in [0.05, 0.1) is 7.11 Å². The van der Waals surface area contributed by atoms with Gasteiger partial charge in [0, 0.05) is 38.4 Å². The molecular weight excluding hydrogens is 336 g/mol. The largest absolute Gasteiger partial charge is 0.496 e. The van der Waals surface area contributed by atoms with Crippen LogP contribution in [0.1, 0.15) is 17.5 Å². The Kier molecular flexibility index (Phi) is 6.58. The van der Waals surface area contributed by atoms with Crippen molar-refractivity contribution in [1.82, 2.24) is 10.6 Å². The molecule has 3 rings (SSSR count). The molecule has 2 N–H and O–H groups in total. The van der Waals surface area contributed by atoms with Crippen molar-refractivity contribution in [1.29, 1.82) is 0 Å². The summed E-state index contributed by atoms with van der Waals surface area (Å²) >= 11 is 0. The summed E-state index contributed by atoms with van der Waals surface area (Å²) < 4.78 is 5.42. The molecule has 0 amide bonds. The molecule has 0 spiro atoms. The highest BCUT2D eigenvalue weighted by molar-refractivity contribution is 5.80. The molecule has 0 aromatic heterocycles. The molecule has 5 nitrogen and oxygen atoms in total. The van der Waals surface area contributed by atoms with Crippen LogP contribution in [-0.2, 0) is 6.42 Å². The van der Waals surface area contributed by atoms with Gasteiger partial charge in [0.15, 0.2) is 5.96 Å². The Labute approximate surface area is 162 Å². The summed E-state index contributed by atoms with van der Waals surface area (Å²) in [5, 5.41) is 6.98. The molecule has 1 unspecified atom stereocenters. The van der Waals surface area contributed by atoms with Crippen LogP contribution >= 0.6 is 0 Å². The molecule has 1 saturated heterocycles. The number of benzene rings is 2. The van der Waals surface area contributed by atoms with Crippen LogP contribution in [0.5, 0.6) is 5.75 Å². The number of rotatable bonds is 6. The number of aliphatic imine (C=N–C) groups is 1. The summed E-state index contributed by atoms with van der Waals surface area (Å²) in [6.07, 6.45) is 2.01. The number of para-hydroxylation sites is 1. The van der Waals surface area contributed by atoms with E-state index in [2.05, 4.69) is 57.8 Å². The molecule has 1 atom stereocenters. The van der Waals surface area contributed by atoms with Crippen molar-refractivity contribution in [3.8, 4) is 5.75 Å². The van der Waals surface area contributed by atoms with Gasteiger partial charge in [-0.15, -0.1) is 0 Å². The van der Waals surface area contributed by atoms with E-state index in [1.807, 2.05) is 25.2 Å². The van der Waals surface area contributed by atoms with Crippen molar-refractivity contribution in [3.63, 3.8) is 0 Å². The van der Waals surface area contributed by atoms with Gasteiger partial charge < -0.3 is 20.3 Å². The van der Waals surface area contributed by atoms with Crippen LogP contribution in [0.2, 0.25) is 0 Å². The SMILES string of the molecule is CN=C(NCCc1ccccc1OC)NC1CCN(c2ccc(C)cc2)C1. The van der Waals surface area contributed by atoms with Crippen LogP contribution in [0, 0.1) is 6.92 Å². The maximum Gasteiger partial charge on any atom is 0.191 e. The van der Waals surface area contributed by atoms with E-state index in [1.54, 1.807) is 7.11 Å². The molecular formula is C22H30N4O. The highest BCUT2D eigenvalue weighted by atomic mass is 16.5. The van der Waals surface area contributed by atoms with Crippen LogP contribution < -0.4 is 20.3 Å². The number of nitrogens with zero attached hydrogens (tertiary/aromatic N) is 2. The Bertz CT molecular complexity index is 757. The van der Waals surface area contributed by atoms with Crippen molar-refractivity contribution in [2.45, 2.75) is 25.8 Å². The molecule has 2 aromatic rings. The van der Waals surface area contributed by atoms with Crippen molar-refractivity contribution < 1.29 is 4.74 Å². The average Bonchev–Trinajstić information content (AvgIpc) is 3.16. The standard InChI is InChI=1S/C22H30N4O/c1-17-8-10-20(11-9-17)26-15-13-19(16-26)25-22(23-2)24-14-12-18-6-4-5-7-21(18)27-3/h4-11,19H,12-16H2,1-3H3,(H2,23,24,25). The minimum Gasteiger partial charge on any atom is -0.496 e. The van der Waals surface area contributed by atoms with Crippen molar-refractivity contribution in [2.75, 3.05) is 38.7 Å². The highest BCUT2D eigenvalue weighted by Gasteiger charge is 2.23. The van der Waals surface area contributed by atoms with Gasteiger partial charge in [0.1, 0.15) is 5.75 Å². The second kappa shape index (κ2) is 9.31.